The van der Waals surface area contributed by atoms with Crippen LogP contribution in [0.25, 0.3) is 16.5 Å². The molecule has 23 heavy (non-hydrogen) atoms. The maximum absolute atomic E-state index is 5.85. The van der Waals surface area contributed by atoms with E-state index < -0.39 is 0 Å². The topological polar surface area (TPSA) is 34.2 Å². The molecule has 0 amide bonds. The largest absolute Gasteiger partial charge is 0.497 e. The molecule has 4 heteroatoms. The number of aromatic nitrogens is 1. The molecule has 0 atom stereocenters. The van der Waals surface area contributed by atoms with Gasteiger partial charge in [-0.15, -0.1) is 11.8 Å². The average Bonchev–Trinajstić information content (AvgIpc) is 3.00. The second kappa shape index (κ2) is 6.05. The van der Waals surface area contributed by atoms with E-state index in [4.69, 9.17) is 9.47 Å². The molecule has 1 aromatic heterocycles. The molecule has 0 fully saturated rings. The fraction of sp³-hybridized carbons (Fsp3) is 0.158. The molecule has 2 aromatic carbocycles. The number of para-hydroxylation sites is 1. The molecular weight excluding hydrogens is 306 g/mol. The lowest BCUT2D eigenvalue weighted by Crippen LogP contribution is -1.98. The highest BCUT2D eigenvalue weighted by Crippen LogP contribution is 2.41. The highest BCUT2D eigenvalue weighted by Gasteiger charge is 2.20. The van der Waals surface area contributed by atoms with Crippen molar-refractivity contribution in [2.24, 2.45) is 0 Å². The van der Waals surface area contributed by atoms with Crippen molar-refractivity contribution in [3.8, 4) is 11.5 Å². The summed E-state index contributed by atoms with van der Waals surface area (Å²) in [7, 11) is 1.66. The molecule has 1 N–H and O–H groups in total. The Morgan fingerprint density at radius 1 is 1.04 bits per heavy atom. The van der Waals surface area contributed by atoms with E-state index in [1.54, 1.807) is 7.11 Å². The summed E-state index contributed by atoms with van der Waals surface area (Å²) < 4.78 is 11.0. The first-order valence-electron chi connectivity index (χ1n) is 7.59. The van der Waals surface area contributed by atoms with Crippen LogP contribution in [0.15, 0.2) is 59.7 Å². The van der Waals surface area contributed by atoms with Crippen molar-refractivity contribution >= 4 is 28.2 Å². The zero-order valence-corrected chi connectivity index (χ0v) is 13.7. The van der Waals surface area contributed by atoms with Crippen LogP contribution >= 0.6 is 11.8 Å². The number of nitrogens with one attached hydrogen (secondary N) is 1. The summed E-state index contributed by atoms with van der Waals surface area (Å²) in [6.07, 6.45) is 2.87. The van der Waals surface area contributed by atoms with Crippen molar-refractivity contribution in [2.45, 2.75) is 11.3 Å². The SMILES string of the molecule is COc1ccc(O/C=C2\CCSc3c2[nH]c2ccccc32)cc1. The van der Waals surface area contributed by atoms with Gasteiger partial charge in [0.15, 0.2) is 0 Å². The van der Waals surface area contributed by atoms with E-state index in [1.165, 1.54) is 27.1 Å². The van der Waals surface area contributed by atoms with Crippen molar-refractivity contribution in [3.05, 3.63) is 60.5 Å². The van der Waals surface area contributed by atoms with Gasteiger partial charge in [0.05, 0.1) is 19.1 Å². The number of rotatable bonds is 3. The summed E-state index contributed by atoms with van der Waals surface area (Å²) in [4.78, 5) is 4.86. The lowest BCUT2D eigenvalue weighted by atomic mass is 10.1. The molecule has 3 aromatic rings. The van der Waals surface area contributed by atoms with Crippen LogP contribution in [0, 0.1) is 0 Å². The van der Waals surface area contributed by atoms with Gasteiger partial charge in [0.1, 0.15) is 11.5 Å². The molecule has 0 bridgehead atoms. The first-order valence-corrected chi connectivity index (χ1v) is 8.57. The normalized spacial score (nSPS) is 15.6. The molecule has 2 heterocycles. The first-order chi connectivity index (χ1) is 11.3. The fourth-order valence-electron chi connectivity index (χ4n) is 2.79. The Morgan fingerprint density at radius 3 is 2.65 bits per heavy atom. The molecule has 0 saturated heterocycles. The standard InChI is InChI=1S/C19H17NO2S/c1-21-14-6-8-15(9-7-14)22-12-13-10-11-23-19-16-4-2-3-5-17(16)20-18(13)19/h2-9,12,20H,10-11H2,1H3/b13-12+. The van der Waals surface area contributed by atoms with Gasteiger partial charge < -0.3 is 14.5 Å². The van der Waals surface area contributed by atoms with Crippen molar-refractivity contribution < 1.29 is 9.47 Å². The minimum absolute atomic E-state index is 0.814. The first kappa shape index (κ1) is 14.3. The van der Waals surface area contributed by atoms with E-state index in [0.717, 1.165) is 23.7 Å². The lowest BCUT2D eigenvalue weighted by Gasteiger charge is -2.14. The van der Waals surface area contributed by atoms with Gasteiger partial charge in [-0.1, -0.05) is 18.2 Å². The molecular formula is C19H17NO2S. The van der Waals surface area contributed by atoms with Gasteiger partial charge in [0.25, 0.3) is 0 Å². The van der Waals surface area contributed by atoms with E-state index in [0.29, 0.717) is 0 Å². The number of aromatic amines is 1. The minimum Gasteiger partial charge on any atom is -0.497 e. The molecule has 0 unspecified atom stereocenters. The van der Waals surface area contributed by atoms with Gasteiger partial charge in [0, 0.05) is 27.1 Å². The lowest BCUT2D eigenvalue weighted by molar-refractivity contribution is 0.413. The second-order valence-electron chi connectivity index (χ2n) is 5.41. The summed E-state index contributed by atoms with van der Waals surface area (Å²) in [5.41, 5.74) is 3.59. The van der Waals surface area contributed by atoms with Crippen LogP contribution in [0.1, 0.15) is 12.1 Å². The summed E-state index contributed by atoms with van der Waals surface area (Å²) >= 11 is 1.91. The zero-order valence-electron chi connectivity index (χ0n) is 12.8. The number of hydrogen-bond acceptors (Lipinski definition) is 3. The Labute approximate surface area is 139 Å². The van der Waals surface area contributed by atoms with Crippen LogP contribution in [0.5, 0.6) is 11.5 Å². The number of hydrogen-bond donors (Lipinski definition) is 1. The Kier molecular flexibility index (Phi) is 3.75. The van der Waals surface area contributed by atoms with E-state index in [1.807, 2.05) is 42.3 Å². The number of methoxy groups -OCH3 is 1. The van der Waals surface area contributed by atoms with Crippen LogP contribution in [-0.2, 0) is 0 Å². The van der Waals surface area contributed by atoms with Crippen LogP contribution in [-0.4, -0.2) is 17.8 Å². The molecule has 0 spiro atoms. The number of ether oxygens (including phenoxy) is 2. The summed E-state index contributed by atoms with van der Waals surface area (Å²) in [5, 5.41) is 1.29. The van der Waals surface area contributed by atoms with Crippen molar-refractivity contribution in [2.75, 3.05) is 12.9 Å². The van der Waals surface area contributed by atoms with Gasteiger partial charge in [-0.2, -0.15) is 0 Å². The molecule has 0 radical (unpaired) electrons. The molecule has 116 valence electrons. The molecule has 1 aliphatic heterocycles. The minimum atomic E-state index is 0.814. The average molecular weight is 323 g/mol. The van der Waals surface area contributed by atoms with E-state index in [9.17, 15) is 0 Å². The highest BCUT2D eigenvalue weighted by molar-refractivity contribution is 7.99. The van der Waals surface area contributed by atoms with Crippen molar-refractivity contribution in [3.63, 3.8) is 0 Å². The maximum atomic E-state index is 5.85. The van der Waals surface area contributed by atoms with Crippen LogP contribution in [0.2, 0.25) is 0 Å². The van der Waals surface area contributed by atoms with E-state index in [-0.39, 0.29) is 0 Å². The third-order valence-electron chi connectivity index (χ3n) is 3.99. The molecule has 1 aliphatic rings. The Morgan fingerprint density at radius 2 is 1.83 bits per heavy atom. The van der Waals surface area contributed by atoms with Crippen LogP contribution in [0.4, 0.5) is 0 Å². The highest BCUT2D eigenvalue weighted by atomic mass is 32.2. The van der Waals surface area contributed by atoms with Gasteiger partial charge in [0.2, 0.25) is 0 Å². The van der Waals surface area contributed by atoms with Crippen molar-refractivity contribution in [1.29, 1.82) is 0 Å². The number of fused-ring (bicyclic) bond motifs is 3. The number of allylic oxidation sites excluding steroid dienone is 1. The predicted molar refractivity (Wildman–Crippen MR) is 95.2 cm³/mol. The van der Waals surface area contributed by atoms with Crippen LogP contribution in [0.3, 0.4) is 0 Å². The molecule has 4 rings (SSSR count). The third kappa shape index (κ3) is 2.70. The second-order valence-corrected chi connectivity index (χ2v) is 6.51. The number of H-pyrrole nitrogens is 1. The number of benzene rings is 2. The van der Waals surface area contributed by atoms with Crippen LogP contribution < -0.4 is 9.47 Å². The van der Waals surface area contributed by atoms with Gasteiger partial charge in [-0.05, 0) is 36.8 Å². The Bertz CT molecular complexity index is 865. The quantitative estimate of drug-likeness (QED) is 0.682. The summed E-state index contributed by atoms with van der Waals surface area (Å²) in [5.74, 6) is 2.72. The van der Waals surface area contributed by atoms with Gasteiger partial charge >= 0.3 is 0 Å². The van der Waals surface area contributed by atoms with Gasteiger partial charge in [-0.25, -0.2) is 0 Å². The Hall–Kier alpha value is -2.33. The number of thioether (sulfide) groups is 1. The molecule has 0 saturated carbocycles. The Balaban J connectivity index is 1.65. The van der Waals surface area contributed by atoms with E-state index >= 15 is 0 Å². The smallest absolute Gasteiger partial charge is 0.126 e. The molecule has 0 aliphatic carbocycles. The predicted octanol–water partition coefficient (Wildman–Crippen LogP) is 5.09. The maximum Gasteiger partial charge on any atom is 0.126 e. The van der Waals surface area contributed by atoms with Crippen molar-refractivity contribution in [1.82, 2.24) is 4.98 Å². The fourth-order valence-corrected chi connectivity index (χ4v) is 3.98. The summed E-state index contributed by atoms with van der Waals surface area (Å²) in [6.45, 7) is 0. The monoisotopic (exact) mass is 323 g/mol. The molecule has 3 nitrogen and oxygen atoms in total. The van der Waals surface area contributed by atoms with Gasteiger partial charge in [-0.3, -0.25) is 0 Å². The third-order valence-corrected chi connectivity index (χ3v) is 5.11. The van der Waals surface area contributed by atoms with E-state index in [2.05, 4.69) is 29.2 Å². The summed E-state index contributed by atoms with van der Waals surface area (Å²) in [6, 6.07) is 16.1. The zero-order chi connectivity index (χ0) is 15.6.